The number of ether oxygens (including phenoxy) is 2. The van der Waals surface area contributed by atoms with Crippen molar-refractivity contribution in [2.45, 2.75) is 46.1 Å². The molecular weight excluding hydrogens is 256 g/mol. The Labute approximate surface area is 120 Å². The highest BCUT2D eigenvalue weighted by Gasteiger charge is 2.14. The molecule has 0 heterocycles. The minimum absolute atomic E-state index is 0.00625. The van der Waals surface area contributed by atoms with Crippen molar-refractivity contribution in [1.29, 1.82) is 0 Å². The van der Waals surface area contributed by atoms with Gasteiger partial charge >= 0.3 is 5.97 Å². The standard InChI is InChI=1S/C16H22O4/c1-11(2)20-15-9-8-12(3)10-13(15)14(17)6-5-7-16(18)19-4/h8-11H,5-7H2,1-4H3. The molecular formula is C16H22O4. The number of esters is 1. The summed E-state index contributed by atoms with van der Waals surface area (Å²) in [5, 5.41) is 0. The Hall–Kier alpha value is -1.84. The molecule has 0 atom stereocenters. The number of carbonyl (C=O) groups is 2. The second kappa shape index (κ2) is 7.68. The molecule has 110 valence electrons. The maximum atomic E-state index is 12.2. The van der Waals surface area contributed by atoms with Crippen LogP contribution >= 0.6 is 0 Å². The van der Waals surface area contributed by atoms with Gasteiger partial charge in [-0.05, 0) is 39.3 Å². The molecule has 0 spiro atoms. The zero-order chi connectivity index (χ0) is 15.1. The average Bonchev–Trinajstić information content (AvgIpc) is 2.39. The van der Waals surface area contributed by atoms with Gasteiger partial charge in [0.1, 0.15) is 5.75 Å². The van der Waals surface area contributed by atoms with Crippen molar-refractivity contribution < 1.29 is 19.1 Å². The number of rotatable bonds is 7. The number of carbonyl (C=O) groups excluding carboxylic acids is 2. The maximum absolute atomic E-state index is 12.2. The van der Waals surface area contributed by atoms with Crippen LogP contribution < -0.4 is 4.74 Å². The number of hydrogen-bond acceptors (Lipinski definition) is 4. The van der Waals surface area contributed by atoms with Crippen LogP contribution in [-0.4, -0.2) is 25.0 Å². The monoisotopic (exact) mass is 278 g/mol. The highest BCUT2D eigenvalue weighted by atomic mass is 16.5. The van der Waals surface area contributed by atoms with Gasteiger partial charge in [-0.2, -0.15) is 0 Å². The van der Waals surface area contributed by atoms with E-state index >= 15 is 0 Å². The van der Waals surface area contributed by atoms with Gasteiger partial charge in [-0.25, -0.2) is 0 Å². The molecule has 0 N–H and O–H groups in total. The van der Waals surface area contributed by atoms with E-state index in [1.165, 1.54) is 7.11 Å². The molecule has 4 nitrogen and oxygen atoms in total. The van der Waals surface area contributed by atoms with Crippen molar-refractivity contribution in [3.05, 3.63) is 29.3 Å². The molecule has 0 saturated heterocycles. The number of hydrogen-bond donors (Lipinski definition) is 0. The zero-order valence-corrected chi connectivity index (χ0v) is 12.6. The van der Waals surface area contributed by atoms with Crippen LogP contribution in [0.5, 0.6) is 5.75 Å². The normalized spacial score (nSPS) is 10.4. The molecule has 0 aromatic heterocycles. The fourth-order valence-electron chi connectivity index (χ4n) is 1.85. The molecule has 0 bridgehead atoms. The van der Waals surface area contributed by atoms with Crippen molar-refractivity contribution in [3.8, 4) is 5.75 Å². The largest absolute Gasteiger partial charge is 0.490 e. The van der Waals surface area contributed by atoms with Crippen LogP contribution in [0, 0.1) is 6.92 Å². The lowest BCUT2D eigenvalue weighted by molar-refractivity contribution is -0.140. The first kappa shape index (κ1) is 16.2. The molecule has 0 saturated carbocycles. The van der Waals surface area contributed by atoms with Crippen LogP contribution in [0.15, 0.2) is 18.2 Å². The Kier molecular flexibility index (Phi) is 6.22. The Bertz CT molecular complexity index is 477. The molecule has 0 aliphatic carbocycles. The highest BCUT2D eigenvalue weighted by molar-refractivity contribution is 5.99. The van der Waals surface area contributed by atoms with Gasteiger partial charge in [0, 0.05) is 12.8 Å². The van der Waals surface area contributed by atoms with E-state index < -0.39 is 0 Å². The van der Waals surface area contributed by atoms with Crippen LogP contribution in [-0.2, 0) is 9.53 Å². The second-order valence-electron chi connectivity index (χ2n) is 5.02. The first-order chi connectivity index (χ1) is 9.43. The van der Waals surface area contributed by atoms with E-state index in [0.29, 0.717) is 24.2 Å². The molecule has 1 rings (SSSR count). The molecule has 0 aliphatic rings. The lowest BCUT2D eigenvalue weighted by atomic mass is 10.0. The summed E-state index contributed by atoms with van der Waals surface area (Å²) >= 11 is 0. The lowest BCUT2D eigenvalue weighted by Crippen LogP contribution is -2.11. The van der Waals surface area contributed by atoms with Crippen LogP contribution in [0.1, 0.15) is 49.0 Å². The lowest BCUT2D eigenvalue weighted by Gasteiger charge is -2.14. The summed E-state index contributed by atoms with van der Waals surface area (Å²) in [5.74, 6) is 0.308. The fraction of sp³-hybridized carbons (Fsp3) is 0.500. The van der Waals surface area contributed by atoms with Gasteiger partial charge in [-0.15, -0.1) is 0 Å². The van der Waals surface area contributed by atoms with Gasteiger partial charge in [0.25, 0.3) is 0 Å². The van der Waals surface area contributed by atoms with E-state index in [0.717, 1.165) is 5.56 Å². The third-order valence-corrected chi connectivity index (χ3v) is 2.81. The summed E-state index contributed by atoms with van der Waals surface area (Å²) in [6.07, 6.45) is 1.07. The number of Topliss-reactive ketones (excluding diaryl/α,β-unsaturated/α-hetero) is 1. The van der Waals surface area contributed by atoms with Crippen LogP contribution in [0.2, 0.25) is 0 Å². The van der Waals surface area contributed by atoms with Gasteiger partial charge in [0.15, 0.2) is 5.78 Å². The molecule has 4 heteroatoms. The Morgan fingerprint density at radius 1 is 1.20 bits per heavy atom. The third-order valence-electron chi connectivity index (χ3n) is 2.81. The summed E-state index contributed by atoms with van der Waals surface area (Å²) in [6, 6.07) is 5.57. The predicted octanol–water partition coefficient (Wildman–Crippen LogP) is 3.31. The molecule has 0 aliphatic heterocycles. The highest BCUT2D eigenvalue weighted by Crippen LogP contribution is 2.23. The quantitative estimate of drug-likeness (QED) is 0.567. The maximum Gasteiger partial charge on any atom is 0.305 e. The van der Waals surface area contributed by atoms with E-state index in [9.17, 15) is 9.59 Å². The molecule has 0 amide bonds. The zero-order valence-electron chi connectivity index (χ0n) is 12.6. The first-order valence-electron chi connectivity index (χ1n) is 6.81. The summed E-state index contributed by atoms with van der Waals surface area (Å²) in [6.45, 7) is 5.78. The van der Waals surface area contributed by atoms with Crippen LogP contribution in [0.3, 0.4) is 0 Å². The predicted molar refractivity (Wildman–Crippen MR) is 77.1 cm³/mol. The van der Waals surface area contributed by atoms with E-state index in [2.05, 4.69) is 4.74 Å². The smallest absolute Gasteiger partial charge is 0.305 e. The molecule has 1 aromatic rings. The Balaban J connectivity index is 2.75. The third kappa shape index (κ3) is 5.03. The molecule has 20 heavy (non-hydrogen) atoms. The number of aryl methyl sites for hydroxylation is 1. The fourth-order valence-corrected chi connectivity index (χ4v) is 1.85. The van der Waals surface area contributed by atoms with Crippen molar-refractivity contribution in [1.82, 2.24) is 0 Å². The van der Waals surface area contributed by atoms with E-state index in [1.54, 1.807) is 0 Å². The Morgan fingerprint density at radius 2 is 1.90 bits per heavy atom. The molecule has 0 radical (unpaired) electrons. The van der Waals surface area contributed by atoms with E-state index in [-0.39, 0.29) is 24.3 Å². The average molecular weight is 278 g/mol. The second-order valence-corrected chi connectivity index (χ2v) is 5.02. The molecule has 1 aromatic carbocycles. The van der Waals surface area contributed by atoms with Gasteiger partial charge < -0.3 is 9.47 Å². The van der Waals surface area contributed by atoms with Gasteiger partial charge in [-0.1, -0.05) is 11.6 Å². The minimum atomic E-state index is -0.291. The molecule has 0 fully saturated rings. The van der Waals surface area contributed by atoms with E-state index in [4.69, 9.17) is 4.74 Å². The van der Waals surface area contributed by atoms with Crippen LogP contribution in [0.25, 0.3) is 0 Å². The van der Waals surface area contributed by atoms with Crippen molar-refractivity contribution in [3.63, 3.8) is 0 Å². The Morgan fingerprint density at radius 3 is 2.50 bits per heavy atom. The van der Waals surface area contributed by atoms with E-state index in [1.807, 2.05) is 39.0 Å². The summed E-state index contributed by atoms with van der Waals surface area (Å²) in [4.78, 5) is 23.3. The molecule has 0 unspecified atom stereocenters. The topological polar surface area (TPSA) is 52.6 Å². The summed E-state index contributed by atoms with van der Waals surface area (Å²) < 4.78 is 10.2. The number of benzene rings is 1. The SMILES string of the molecule is COC(=O)CCCC(=O)c1cc(C)ccc1OC(C)C. The summed E-state index contributed by atoms with van der Waals surface area (Å²) in [5.41, 5.74) is 1.60. The number of methoxy groups -OCH3 is 1. The van der Waals surface area contributed by atoms with Crippen LogP contribution in [0.4, 0.5) is 0 Å². The minimum Gasteiger partial charge on any atom is -0.490 e. The van der Waals surface area contributed by atoms with Crippen molar-refractivity contribution in [2.24, 2.45) is 0 Å². The van der Waals surface area contributed by atoms with Gasteiger partial charge in [0.2, 0.25) is 0 Å². The number of ketones is 1. The summed E-state index contributed by atoms with van der Waals surface area (Å²) in [7, 11) is 1.35. The van der Waals surface area contributed by atoms with Crippen molar-refractivity contribution in [2.75, 3.05) is 7.11 Å². The van der Waals surface area contributed by atoms with Gasteiger partial charge in [0.05, 0.1) is 18.8 Å². The first-order valence-corrected chi connectivity index (χ1v) is 6.81. The van der Waals surface area contributed by atoms with Gasteiger partial charge in [-0.3, -0.25) is 9.59 Å². The van der Waals surface area contributed by atoms with Crippen molar-refractivity contribution >= 4 is 11.8 Å².